The fourth-order valence-electron chi connectivity index (χ4n) is 3.34. The van der Waals surface area contributed by atoms with Crippen molar-refractivity contribution >= 4 is 17.7 Å². The van der Waals surface area contributed by atoms with E-state index >= 15 is 0 Å². The maximum Gasteiger partial charge on any atom is 0.230 e. The Hall–Kier alpha value is -2.60. The number of hydrogen-bond acceptors (Lipinski definition) is 4. The number of pyridine rings is 1. The van der Waals surface area contributed by atoms with Gasteiger partial charge in [-0.05, 0) is 49.4 Å². The molecule has 0 saturated carbocycles. The van der Waals surface area contributed by atoms with E-state index in [2.05, 4.69) is 27.0 Å². The molecular formula is C21H22N4OS. The molecule has 0 fully saturated rings. The molecule has 0 atom stereocenters. The van der Waals surface area contributed by atoms with Gasteiger partial charge in [0.05, 0.1) is 11.4 Å². The summed E-state index contributed by atoms with van der Waals surface area (Å²) in [5.74, 6) is 0.354. The normalized spacial score (nSPS) is 13.2. The molecule has 27 heavy (non-hydrogen) atoms. The number of carbonyl (C=O) groups excluding carboxylic acids is 1. The van der Waals surface area contributed by atoms with Gasteiger partial charge in [-0.3, -0.25) is 14.3 Å². The highest BCUT2D eigenvalue weighted by Gasteiger charge is 2.21. The monoisotopic (exact) mass is 378 g/mol. The van der Waals surface area contributed by atoms with Gasteiger partial charge in [0.15, 0.2) is 5.16 Å². The second-order valence-electron chi connectivity index (χ2n) is 6.59. The van der Waals surface area contributed by atoms with Gasteiger partial charge in [-0.15, -0.1) is 0 Å². The first-order valence-corrected chi connectivity index (χ1v) is 10.2. The van der Waals surface area contributed by atoms with Crippen LogP contribution in [0.1, 0.15) is 29.8 Å². The van der Waals surface area contributed by atoms with Crippen molar-refractivity contribution in [3.8, 4) is 5.69 Å². The summed E-state index contributed by atoms with van der Waals surface area (Å²) in [4.78, 5) is 21.2. The number of amides is 1. The largest absolute Gasteiger partial charge is 0.351 e. The third-order valence-corrected chi connectivity index (χ3v) is 5.60. The Labute approximate surface area is 163 Å². The van der Waals surface area contributed by atoms with Crippen LogP contribution in [0.3, 0.4) is 0 Å². The summed E-state index contributed by atoms with van der Waals surface area (Å²) in [6.45, 7) is 0.497. The number of aryl methyl sites for hydroxylation is 1. The summed E-state index contributed by atoms with van der Waals surface area (Å²) in [6, 6.07) is 14.1. The molecule has 6 heteroatoms. The van der Waals surface area contributed by atoms with E-state index in [1.807, 2.05) is 30.3 Å². The van der Waals surface area contributed by atoms with Crippen molar-refractivity contribution < 1.29 is 4.79 Å². The van der Waals surface area contributed by atoms with Crippen molar-refractivity contribution in [2.75, 3.05) is 5.75 Å². The molecule has 5 nitrogen and oxygen atoms in total. The van der Waals surface area contributed by atoms with Crippen molar-refractivity contribution in [3.05, 3.63) is 71.8 Å². The molecule has 0 aliphatic heterocycles. The lowest BCUT2D eigenvalue weighted by Crippen LogP contribution is -2.24. The Morgan fingerprint density at radius 2 is 1.96 bits per heavy atom. The van der Waals surface area contributed by atoms with Crippen LogP contribution in [0.4, 0.5) is 0 Å². The molecule has 0 radical (unpaired) electrons. The Morgan fingerprint density at radius 3 is 2.78 bits per heavy atom. The molecule has 0 spiro atoms. The number of nitrogens with zero attached hydrogens (tertiary/aromatic N) is 3. The predicted octanol–water partition coefficient (Wildman–Crippen LogP) is 3.55. The van der Waals surface area contributed by atoms with Crippen molar-refractivity contribution in [1.82, 2.24) is 19.9 Å². The number of aromatic nitrogens is 3. The summed E-state index contributed by atoms with van der Waals surface area (Å²) in [5.41, 5.74) is 4.60. The van der Waals surface area contributed by atoms with E-state index in [-0.39, 0.29) is 5.91 Å². The molecule has 1 N–H and O–H groups in total. The number of hydrogen-bond donors (Lipinski definition) is 1. The van der Waals surface area contributed by atoms with Crippen LogP contribution in [0.5, 0.6) is 0 Å². The zero-order valence-corrected chi connectivity index (χ0v) is 15.9. The van der Waals surface area contributed by atoms with Crippen LogP contribution in [0.25, 0.3) is 5.69 Å². The van der Waals surface area contributed by atoms with Crippen LogP contribution in [0.15, 0.2) is 60.0 Å². The maximum absolute atomic E-state index is 12.3. The molecule has 4 rings (SSSR count). The van der Waals surface area contributed by atoms with E-state index in [9.17, 15) is 4.79 Å². The van der Waals surface area contributed by atoms with E-state index in [1.54, 1.807) is 12.4 Å². The van der Waals surface area contributed by atoms with E-state index < -0.39 is 0 Å². The molecule has 0 saturated heterocycles. The predicted molar refractivity (Wildman–Crippen MR) is 107 cm³/mol. The van der Waals surface area contributed by atoms with Gasteiger partial charge in [-0.1, -0.05) is 36.0 Å². The summed E-state index contributed by atoms with van der Waals surface area (Å²) in [7, 11) is 0. The van der Waals surface area contributed by atoms with Gasteiger partial charge in [0.1, 0.15) is 0 Å². The topological polar surface area (TPSA) is 59.8 Å². The van der Waals surface area contributed by atoms with Crippen LogP contribution < -0.4 is 5.32 Å². The van der Waals surface area contributed by atoms with Crippen molar-refractivity contribution in [3.63, 3.8) is 0 Å². The molecule has 1 aromatic carbocycles. The highest BCUT2D eigenvalue weighted by Crippen LogP contribution is 2.30. The number of rotatable bonds is 6. The minimum atomic E-state index is 0.00411. The lowest BCUT2D eigenvalue weighted by molar-refractivity contribution is -0.118. The van der Waals surface area contributed by atoms with E-state index in [0.29, 0.717) is 12.3 Å². The Balaban J connectivity index is 1.47. The first-order valence-electron chi connectivity index (χ1n) is 9.25. The zero-order valence-electron chi connectivity index (χ0n) is 15.1. The molecule has 1 aliphatic rings. The van der Waals surface area contributed by atoms with Gasteiger partial charge in [-0.25, -0.2) is 4.98 Å². The van der Waals surface area contributed by atoms with E-state index in [4.69, 9.17) is 4.98 Å². The lowest BCUT2D eigenvalue weighted by atomic mass is 10.0. The highest BCUT2D eigenvalue weighted by molar-refractivity contribution is 7.99. The standard InChI is InChI=1S/C21H22N4OS/c26-20(23-14-16-7-6-12-22-13-16)15-27-21-24-18-10-4-5-11-19(18)25(21)17-8-2-1-3-9-17/h1-3,6-9,12-13H,4-5,10-11,14-15H2,(H,23,26). The second-order valence-corrected chi connectivity index (χ2v) is 7.54. The minimum absolute atomic E-state index is 0.00411. The summed E-state index contributed by atoms with van der Waals surface area (Å²) < 4.78 is 2.23. The molecule has 0 bridgehead atoms. The lowest BCUT2D eigenvalue weighted by Gasteiger charge is -2.15. The number of benzene rings is 1. The minimum Gasteiger partial charge on any atom is -0.351 e. The molecule has 138 valence electrons. The van der Waals surface area contributed by atoms with Crippen LogP contribution in [0, 0.1) is 0 Å². The molecule has 2 heterocycles. The molecule has 1 amide bonds. The smallest absolute Gasteiger partial charge is 0.230 e. The number of thioether (sulfide) groups is 1. The van der Waals surface area contributed by atoms with Crippen molar-refractivity contribution in [2.45, 2.75) is 37.4 Å². The Morgan fingerprint density at radius 1 is 1.11 bits per heavy atom. The van der Waals surface area contributed by atoms with Gasteiger partial charge < -0.3 is 5.32 Å². The third-order valence-electron chi connectivity index (χ3n) is 4.66. The average molecular weight is 379 g/mol. The molecule has 3 aromatic rings. The average Bonchev–Trinajstić information content (AvgIpc) is 3.10. The third kappa shape index (κ3) is 4.22. The van der Waals surface area contributed by atoms with E-state index in [1.165, 1.54) is 36.0 Å². The van der Waals surface area contributed by atoms with Gasteiger partial charge in [0.2, 0.25) is 5.91 Å². The summed E-state index contributed by atoms with van der Waals surface area (Å²) >= 11 is 1.50. The number of nitrogens with one attached hydrogen (secondary N) is 1. The number of carbonyl (C=O) groups is 1. The van der Waals surface area contributed by atoms with Gasteiger partial charge in [-0.2, -0.15) is 0 Å². The number of fused-ring (bicyclic) bond motifs is 1. The van der Waals surface area contributed by atoms with Crippen molar-refractivity contribution in [2.24, 2.45) is 0 Å². The Bertz CT molecular complexity index is 909. The van der Waals surface area contributed by atoms with Crippen molar-refractivity contribution in [1.29, 1.82) is 0 Å². The first-order chi connectivity index (χ1) is 13.3. The highest BCUT2D eigenvalue weighted by atomic mass is 32.2. The van der Waals surface area contributed by atoms with Gasteiger partial charge >= 0.3 is 0 Å². The Kier molecular flexibility index (Phi) is 5.53. The van der Waals surface area contributed by atoms with Crippen LogP contribution in [0.2, 0.25) is 0 Å². The maximum atomic E-state index is 12.3. The van der Waals surface area contributed by atoms with Crippen LogP contribution >= 0.6 is 11.8 Å². The van der Waals surface area contributed by atoms with Gasteiger partial charge in [0.25, 0.3) is 0 Å². The molecule has 0 unspecified atom stereocenters. The number of para-hydroxylation sites is 1. The number of imidazole rings is 1. The van der Waals surface area contributed by atoms with Gasteiger partial charge in [0, 0.05) is 30.3 Å². The quantitative estimate of drug-likeness (QED) is 0.667. The first kappa shape index (κ1) is 17.8. The molecule has 2 aromatic heterocycles. The fraction of sp³-hybridized carbons (Fsp3) is 0.286. The summed E-state index contributed by atoms with van der Waals surface area (Å²) in [6.07, 6.45) is 7.95. The van der Waals surface area contributed by atoms with Crippen LogP contribution in [-0.2, 0) is 24.2 Å². The zero-order chi connectivity index (χ0) is 18.5. The molecule has 1 aliphatic carbocycles. The summed E-state index contributed by atoms with van der Waals surface area (Å²) in [5, 5.41) is 3.86. The van der Waals surface area contributed by atoms with E-state index in [0.717, 1.165) is 29.2 Å². The fourth-order valence-corrected chi connectivity index (χ4v) is 4.22. The molecular weight excluding hydrogens is 356 g/mol. The SMILES string of the molecule is O=C(CSc1nc2c(n1-c1ccccc1)CCCC2)NCc1cccnc1. The van der Waals surface area contributed by atoms with Crippen LogP contribution in [-0.4, -0.2) is 26.2 Å². The second kappa shape index (κ2) is 8.39.